The Morgan fingerprint density at radius 3 is 2.50 bits per heavy atom. The van der Waals surface area contributed by atoms with E-state index in [1.807, 2.05) is 0 Å². The molecule has 0 bridgehead atoms. The van der Waals surface area contributed by atoms with Crippen LogP contribution in [0.1, 0.15) is 5.69 Å². The standard InChI is InChI=1S/C12H9Cl2N5O2S/c1-7-5-6-19-11(15-7)16-12(17-19)22(20,21)18-10-8(13)3-2-4-9(10)14/h2-6,18H,1H3. The second-order valence-corrected chi connectivity index (χ2v) is 6.80. The number of rotatable bonds is 3. The van der Waals surface area contributed by atoms with Gasteiger partial charge >= 0.3 is 0 Å². The van der Waals surface area contributed by atoms with E-state index < -0.39 is 15.2 Å². The third-order valence-electron chi connectivity index (χ3n) is 2.77. The van der Waals surface area contributed by atoms with Crippen molar-refractivity contribution in [2.45, 2.75) is 12.1 Å². The maximum atomic E-state index is 12.4. The van der Waals surface area contributed by atoms with Crippen LogP contribution in [0, 0.1) is 6.92 Å². The molecule has 0 aliphatic carbocycles. The summed E-state index contributed by atoms with van der Waals surface area (Å²) in [7, 11) is -4.03. The largest absolute Gasteiger partial charge is 0.299 e. The van der Waals surface area contributed by atoms with Crippen molar-refractivity contribution in [2.24, 2.45) is 0 Å². The molecule has 0 aliphatic rings. The highest BCUT2D eigenvalue weighted by Crippen LogP contribution is 2.31. The summed E-state index contributed by atoms with van der Waals surface area (Å²) >= 11 is 11.9. The van der Waals surface area contributed by atoms with Gasteiger partial charge in [-0.15, -0.1) is 5.10 Å². The van der Waals surface area contributed by atoms with Crippen molar-refractivity contribution in [1.82, 2.24) is 19.6 Å². The zero-order valence-corrected chi connectivity index (χ0v) is 13.5. The van der Waals surface area contributed by atoms with Gasteiger partial charge in [0.15, 0.2) is 0 Å². The normalized spacial score (nSPS) is 11.8. The number of para-hydroxylation sites is 1. The van der Waals surface area contributed by atoms with Gasteiger partial charge in [-0.05, 0) is 25.1 Å². The predicted octanol–water partition coefficient (Wildman–Crippen LogP) is 2.54. The van der Waals surface area contributed by atoms with Crippen LogP contribution in [0.15, 0.2) is 35.6 Å². The first kappa shape index (κ1) is 15.0. The van der Waals surface area contributed by atoms with Crippen LogP contribution in [0.25, 0.3) is 5.78 Å². The molecule has 0 spiro atoms. The quantitative estimate of drug-likeness (QED) is 0.777. The number of aryl methyl sites for hydroxylation is 1. The second kappa shape index (κ2) is 5.38. The minimum atomic E-state index is -4.03. The molecule has 0 unspecified atom stereocenters. The van der Waals surface area contributed by atoms with Gasteiger partial charge in [0.05, 0.1) is 15.7 Å². The lowest BCUT2D eigenvalue weighted by Crippen LogP contribution is -2.15. The number of hydrogen-bond donors (Lipinski definition) is 1. The number of sulfonamides is 1. The maximum absolute atomic E-state index is 12.4. The Hall–Kier alpha value is -1.90. The molecule has 3 aromatic rings. The van der Waals surface area contributed by atoms with Crippen LogP contribution >= 0.6 is 23.2 Å². The van der Waals surface area contributed by atoms with E-state index in [9.17, 15) is 8.42 Å². The average molecular weight is 358 g/mol. The molecular weight excluding hydrogens is 349 g/mol. The van der Waals surface area contributed by atoms with Gasteiger partial charge in [0.2, 0.25) is 0 Å². The van der Waals surface area contributed by atoms with Gasteiger partial charge in [0.25, 0.3) is 21.0 Å². The SMILES string of the molecule is Cc1ccn2nc(S(=O)(=O)Nc3c(Cl)cccc3Cl)nc2n1. The Labute approximate surface area is 136 Å². The lowest BCUT2D eigenvalue weighted by Gasteiger charge is -2.08. The Morgan fingerprint density at radius 2 is 1.82 bits per heavy atom. The average Bonchev–Trinajstić information content (AvgIpc) is 2.87. The zero-order chi connectivity index (χ0) is 15.9. The maximum Gasteiger partial charge on any atom is 0.299 e. The van der Waals surface area contributed by atoms with Crippen molar-refractivity contribution < 1.29 is 8.42 Å². The lowest BCUT2D eigenvalue weighted by molar-refractivity contribution is 0.592. The molecular formula is C12H9Cl2N5O2S. The van der Waals surface area contributed by atoms with E-state index in [1.54, 1.807) is 25.3 Å². The summed E-state index contributed by atoms with van der Waals surface area (Å²) in [5.74, 6) is 0.186. The van der Waals surface area contributed by atoms with E-state index in [1.165, 1.54) is 16.6 Å². The van der Waals surface area contributed by atoms with E-state index in [0.29, 0.717) is 5.69 Å². The van der Waals surface area contributed by atoms with Crippen LogP contribution in [0.3, 0.4) is 0 Å². The third kappa shape index (κ3) is 2.72. The number of hydrogen-bond acceptors (Lipinski definition) is 5. The minimum absolute atomic E-state index is 0.0776. The molecule has 0 saturated heterocycles. The first-order valence-corrected chi connectivity index (χ1v) is 8.27. The van der Waals surface area contributed by atoms with E-state index in [0.717, 1.165) is 0 Å². The number of nitrogens with zero attached hydrogens (tertiary/aromatic N) is 4. The molecule has 2 heterocycles. The number of aromatic nitrogens is 4. The number of fused-ring (bicyclic) bond motifs is 1. The summed E-state index contributed by atoms with van der Waals surface area (Å²) in [5, 5.41) is 3.82. The molecule has 22 heavy (non-hydrogen) atoms. The summed E-state index contributed by atoms with van der Waals surface area (Å²) < 4.78 is 28.3. The molecule has 0 amide bonds. The molecule has 0 aliphatic heterocycles. The van der Waals surface area contributed by atoms with Gasteiger partial charge in [-0.1, -0.05) is 29.3 Å². The Morgan fingerprint density at radius 1 is 1.14 bits per heavy atom. The number of halogens is 2. The third-order valence-corrected chi connectivity index (χ3v) is 4.52. The highest BCUT2D eigenvalue weighted by molar-refractivity contribution is 7.92. The Kier molecular flexibility index (Phi) is 3.67. The van der Waals surface area contributed by atoms with Gasteiger partial charge in [0.1, 0.15) is 0 Å². The topological polar surface area (TPSA) is 89.3 Å². The summed E-state index contributed by atoms with van der Waals surface area (Å²) in [5.41, 5.74) is 0.778. The fraction of sp³-hybridized carbons (Fsp3) is 0.0833. The molecule has 10 heteroatoms. The van der Waals surface area contributed by atoms with Crippen molar-refractivity contribution in [1.29, 1.82) is 0 Å². The highest BCUT2D eigenvalue weighted by Gasteiger charge is 2.23. The molecule has 114 valence electrons. The first-order chi connectivity index (χ1) is 10.4. The zero-order valence-electron chi connectivity index (χ0n) is 11.2. The van der Waals surface area contributed by atoms with Crippen molar-refractivity contribution in [3.05, 3.63) is 46.2 Å². The van der Waals surface area contributed by atoms with Crippen LogP contribution in [0.5, 0.6) is 0 Å². The summed E-state index contributed by atoms with van der Waals surface area (Å²) in [4.78, 5) is 8.00. The second-order valence-electron chi connectivity index (χ2n) is 4.41. The van der Waals surface area contributed by atoms with Gasteiger partial charge in [-0.25, -0.2) is 9.50 Å². The molecule has 0 fully saturated rings. The molecule has 3 rings (SSSR count). The molecule has 0 atom stereocenters. The van der Waals surface area contributed by atoms with Gasteiger partial charge in [-0.2, -0.15) is 13.4 Å². The van der Waals surface area contributed by atoms with Crippen molar-refractivity contribution in [3.8, 4) is 0 Å². The van der Waals surface area contributed by atoms with Gasteiger partial charge in [-0.3, -0.25) is 4.72 Å². The minimum Gasteiger partial charge on any atom is -0.274 e. The van der Waals surface area contributed by atoms with Crippen molar-refractivity contribution >= 4 is 44.7 Å². The van der Waals surface area contributed by atoms with Crippen molar-refractivity contribution in [2.75, 3.05) is 4.72 Å². The fourth-order valence-corrected chi connectivity index (χ4v) is 3.32. The fourth-order valence-electron chi connectivity index (χ4n) is 1.73. The van der Waals surface area contributed by atoms with Crippen LogP contribution in [-0.4, -0.2) is 28.0 Å². The molecule has 1 aromatic carbocycles. The smallest absolute Gasteiger partial charge is 0.274 e. The van der Waals surface area contributed by atoms with E-state index in [2.05, 4.69) is 19.8 Å². The Balaban J connectivity index is 2.05. The predicted molar refractivity (Wildman–Crippen MR) is 82.8 cm³/mol. The molecule has 7 nitrogen and oxygen atoms in total. The summed E-state index contributed by atoms with van der Waals surface area (Å²) in [6.07, 6.45) is 1.58. The van der Waals surface area contributed by atoms with Crippen LogP contribution in [0.2, 0.25) is 10.0 Å². The molecule has 1 N–H and O–H groups in total. The highest BCUT2D eigenvalue weighted by atomic mass is 35.5. The van der Waals surface area contributed by atoms with E-state index >= 15 is 0 Å². The van der Waals surface area contributed by atoms with Crippen LogP contribution in [-0.2, 0) is 10.0 Å². The monoisotopic (exact) mass is 357 g/mol. The van der Waals surface area contributed by atoms with Crippen molar-refractivity contribution in [3.63, 3.8) is 0 Å². The van der Waals surface area contributed by atoms with E-state index in [4.69, 9.17) is 23.2 Å². The molecule has 0 saturated carbocycles. The summed E-state index contributed by atoms with van der Waals surface area (Å²) in [6.45, 7) is 1.77. The van der Waals surface area contributed by atoms with Gasteiger partial charge in [0, 0.05) is 11.9 Å². The number of nitrogens with one attached hydrogen (secondary N) is 1. The van der Waals surface area contributed by atoms with E-state index in [-0.39, 0.29) is 21.5 Å². The lowest BCUT2D eigenvalue weighted by atomic mass is 10.3. The summed E-state index contributed by atoms with van der Waals surface area (Å²) in [6, 6.07) is 6.34. The number of anilines is 1. The Bertz CT molecular complexity index is 951. The molecule has 2 aromatic heterocycles. The van der Waals surface area contributed by atoms with Crippen LogP contribution in [0.4, 0.5) is 5.69 Å². The molecule has 0 radical (unpaired) electrons. The first-order valence-electron chi connectivity index (χ1n) is 6.04. The van der Waals surface area contributed by atoms with Crippen LogP contribution < -0.4 is 4.72 Å². The van der Waals surface area contributed by atoms with Gasteiger partial charge < -0.3 is 0 Å². The number of benzene rings is 1.